The Morgan fingerprint density at radius 1 is 1.40 bits per heavy atom. The monoisotopic (exact) mass is 359 g/mol. The molecule has 2 N–H and O–H groups in total. The maximum absolute atomic E-state index is 12.3. The van der Waals surface area contributed by atoms with Crippen LogP contribution in [0.5, 0.6) is 0 Å². The second-order valence-electron chi connectivity index (χ2n) is 4.19. The highest BCUT2D eigenvalue weighted by molar-refractivity contribution is 9.10. The van der Waals surface area contributed by atoms with Crippen LogP contribution >= 0.6 is 15.9 Å². The Kier molecular flexibility index (Phi) is 4.59. The van der Waals surface area contributed by atoms with Crippen LogP contribution in [0.4, 0.5) is 0 Å². The normalized spacial score (nSPS) is 11.8. The second-order valence-corrected chi connectivity index (χ2v) is 6.78. The van der Waals surface area contributed by atoms with Crippen molar-refractivity contribution >= 4 is 26.0 Å². The predicted octanol–water partition coefficient (Wildman–Crippen LogP) is 1.15. The molecule has 0 saturated heterocycles. The summed E-state index contributed by atoms with van der Waals surface area (Å²) in [6.07, 6.45) is 1.60. The molecule has 0 aliphatic carbocycles. The van der Waals surface area contributed by atoms with Gasteiger partial charge < -0.3 is 5.11 Å². The van der Waals surface area contributed by atoms with Gasteiger partial charge in [-0.2, -0.15) is 5.10 Å². The number of nitrogens with zero attached hydrogens (tertiary/aromatic N) is 2. The van der Waals surface area contributed by atoms with Crippen LogP contribution in [0.25, 0.3) is 0 Å². The Bertz CT molecular complexity index is 712. The lowest BCUT2D eigenvalue weighted by atomic mass is 10.2. The summed E-state index contributed by atoms with van der Waals surface area (Å²) in [5, 5.41) is 13.1. The van der Waals surface area contributed by atoms with Gasteiger partial charge in [-0.1, -0.05) is 6.07 Å². The van der Waals surface area contributed by atoms with Crippen molar-refractivity contribution in [3.8, 4) is 0 Å². The molecule has 2 aromatic rings. The Labute approximate surface area is 125 Å². The summed E-state index contributed by atoms with van der Waals surface area (Å²) in [6, 6.07) is 6.44. The fourth-order valence-electron chi connectivity index (χ4n) is 1.67. The van der Waals surface area contributed by atoms with E-state index in [1.807, 2.05) is 0 Å². The minimum Gasteiger partial charge on any atom is -0.392 e. The summed E-state index contributed by atoms with van der Waals surface area (Å²) in [5.74, 6) is 0. The second kappa shape index (κ2) is 6.04. The highest BCUT2D eigenvalue weighted by Crippen LogP contribution is 2.23. The van der Waals surface area contributed by atoms with Gasteiger partial charge in [0, 0.05) is 17.7 Å². The summed E-state index contributed by atoms with van der Waals surface area (Å²) < 4.78 is 29.1. The van der Waals surface area contributed by atoms with Gasteiger partial charge in [0.05, 0.1) is 23.7 Å². The average molecular weight is 360 g/mol. The van der Waals surface area contributed by atoms with Gasteiger partial charge in [0.2, 0.25) is 10.0 Å². The molecule has 0 unspecified atom stereocenters. The Morgan fingerprint density at radius 3 is 2.75 bits per heavy atom. The van der Waals surface area contributed by atoms with Gasteiger partial charge in [0.25, 0.3) is 0 Å². The highest BCUT2D eigenvalue weighted by atomic mass is 79.9. The topological polar surface area (TPSA) is 84.2 Å². The first-order chi connectivity index (χ1) is 9.44. The SMILES string of the molecule is Cn1nccc1CNS(=O)(=O)c1cc(CO)ccc1Br. The number of aryl methyl sites for hydroxylation is 1. The van der Waals surface area contributed by atoms with E-state index in [1.165, 1.54) is 6.07 Å². The lowest BCUT2D eigenvalue weighted by Crippen LogP contribution is -2.25. The Hall–Kier alpha value is -1.22. The van der Waals surface area contributed by atoms with Crippen molar-refractivity contribution in [1.82, 2.24) is 14.5 Å². The number of sulfonamides is 1. The van der Waals surface area contributed by atoms with Gasteiger partial charge in [0.1, 0.15) is 0 Å². The summed E-state index contributed by atoms with van der Waals surface area (Å²) in [7, 11) is -1.92. The maximum atomic E-state index is 12.3. The lowest BCUT2D eigenvalue weighted by molar-refractivity contribution is 0.281. The van der Waals surface area contributed by atoms with Crippen molar-refractivity contribution in [2.45, 2.75) is 18.0 Å². The molecule has 1 aromatic heterocycles. The minimum absolute atomic E-state index is 0.103. The van der Waals surface area contributed by atoms with Crippen LogP contribution in [0.15, 0.2) is 39.8 Å². The van der Waals surface area contributed by atoms with Crippen LogP contribution in [-0.4, -0.2) is 23.3 Å². The molecule has 0 radical (unpaired) electrons. The number of aliphatic hydroxyl groups excluding tert-OH is 1. The molecule has 0 fully saturated rings. The molecule has 1 aromatic carbocycles. The quantitative estimate of drug-likeness (QED) is 0.838. The van der Waals surface area contributed by atoms with E-state index in [-0.39, 0.29) is 18.0 Å². The molecule has 0 spiro atoms. The third kappa shape index (κ3) is 3.26. The zero-order valence-corrected chi connectivity index (χ0v) is 13.1. The molecule has 8 heteroatoms. The number of rotatable bonds is 5. The molecule has 0 aliphatic rings. The third-order valence-electron chi connectivity index (χ3n) is 2.83. The number of hydrogen-bond donors (Lipinski definition) is 2. The Balaban J connectivity index is 2.24. The van der Waals surface area contributed by atoms with E-state index >= 15 is 0 Å². The number of halogens is 1. The number of benzene rings is 1. The molecule has 20 heavy (non-hydrogen) atoms. The summed E-state index contributed by atoms with van der Waals surface area (Å²) in [6.45, 7) is -0.0633. The van der Waals surface area contributed by atoms with Crippen molar-refractivity contribution in [3.05, 3.63) is 46.2 Å². The molecule has 0 aliphatic heterocycles. The zero-order chi connectivity index (χ0) is 14.8. The van der Waals surface area contributed by atoms with Crippen LogP contribution < -0.4 is 4.72 Å². The first-order valence-corrected chi connectivity index (χ1v) is 8.07. The van der Waals surface area contributed by atoms with E-state index in [1.54, 1.807) is 36.1 Å². The van der Waals surface area contributed by atoms with Crippen LogP contribution in [0.3, 0.4) is 0 Å². The number of hydrogen-bond acceptors (Lipinski definition) is 4. The van der Waals surface area contributed by atoms with Crippen molar-refractivity contribution in [2.24, 2.45) is 7.05 Å². The smallest absolute Gasteiger partial charge is 0.242 e. The molecular weight excluding hydrogens is 346 g/mol. The van der Waals surface area contributed by atoms with Crippen molar-refractivity contribution in [2.75, 3.05) is 0 Å². The molecule has 1 heterocycles. The standard InChI is InChI=1S/C12H14BrN3O3S/c1-16-10(4-5-14-16)7-15-20(18,19)12-6-9(8-17)2-3-11(12)13/h2-6,15,17H,7-8H2,1H3. The first-order valence-electron chi connectivity index (χ1n) is 5.80. The summed E-state index contributed by atoms with van der Waals surface area (Å²) >= 11 is 3.21. The molecule has 6 nitrogen and oxygen atoms in total. The van der Waals surface area contributed by atoms with E-state index in [0.717, 1.165) is 5.69 Å². The third-order valence-corrected chi connectivity index (χ3v) is 5.23. The fourth-order valence-corrected chi connectivity index (χ4v) is 3.68. The van der Waals surface area contributed by atoms with Gasteiger partial charge in [0.15, 0.2) is 0 Å². The van der Waals surface area contributed by atoms with Gasteiger partial charge >= 0.3 is 0 Å². The minimum atomic E-state index is -3.67. The van der Waals surface area contributed by atoms with Gasteiger partial charge in [-0.05, 0) is 39.7 Å². The molecular formula is C12H14BrN3O3S. The largest absolute Gasteiger partial charge is 0.392 e. The zero-order valence-electron chi connectivity index (χ0n) is 10.7. The maximum Gasteiger partial charge on any atom is 0.242 e. The molecule has 108 valence electrons. The van der Waals surface area contributed by atoms with E-state index in [2.05, 4.69) is 25.8 Å². The fraction of sp³-hybridized carbons (Fsp3) is 0.250. The van der Waals surface area contributed by atoms with Crippen LogP contribution in [-0.2, 0) is 30.2 Å². The molecule has 0 saturated carbocycles. The van der Waals surface area contributed by atoms with Crippen molar-refractivity contribution < 1.29 is 13.5 Å². The first kappa shape index (κ1) is 15.2. The van der Waals surface area contributed by atoms with Gasteiger partial charge in [-0.3, -0.25) is 4.68 Å². The summed E-state index contributed by atoms with van der Waals surface area (Å²) in [5.41, 5.74) is 1.29. The molecule has 2 rings (SSSR count). The van der Waals surface area contributed by atoms with E-state index in [0.29, 0.717) is 10.0 Å². The number of nitrogens with one attached hydrogen (secondary N) is 1. The van der Waals surface area contributed by atoms with Gasteiger partial charge in [-0.15, -0.1) is 0 Å². The summed E-state index contributed by atoms with van der Waals surface area (Å²) in [4.78, 5) is 0.103. The number of aromatic nitrogens is 2. The highest BCUT2D eigenvalue weighted by Gasteiger charge is 2.18. The van der Waals surface area contributed by atoms with Crippen LogP contribution in [0.2, 0.25) is 0 Å². The van der Waals surface area contributed by atoms with Gasteiger partial charge in [-0.25, -0.2) is 13.1 Å². The molecule has 0 atom stereocenters. The van der Waals surface area contributed by atoms with Crippen LogP contribution in [0, 0.1) is 0 Å². The van der Waals surface area contributed by atoms with E-state index < -0.39 is 10.0 Å². The predicted molar refractivity (Wildman–Crippen MR) is 77.3 cm³/mol. The molecule has 0 bridgehead atoms. The van der Waals surface area contributed by atoms with Crippen LogP contribution in [0.1, 0.15) is 11.3 Å². The Morgan fingerprint density at radius 2 is 2.15 bits per heavy atom. The van der Waals surface area contributed by atoms with Crippen molar-refractivity contribution in [1.29, 1.82) is 0 Å². The van der Waals surface area contributed by atoms with Crippen molar-refractivity contribution in [3.63, 3.8) is 0 Å². The van der Waals surface area contributed by atoms with E-state index in [4.69, 9.17) is 5.11 Å². The van der Waals surface area contributed by atoms with E-state index in [9.17, 15) is 8.42 Å². The molecule has 0 amide bonds. The lowest BCUT2D eigenvalue weighted by Gasteiger charge is -2.10. The number of aliphatic hydroxyl groups is 1. The average Bonchev–Trinajstić information content (AvgIpc) is 2.82.